The first-order valence-corrected chi connectivity index (χ1v) is 7.42. The maximum atomic E-state index is 12.2. The van der Waals surface area contributed by atoms with Gasteiger partial charge in [0, 0.05) is 0 Å². The van der Waals surface area contributed by atoms with Crippen molar-refractivity contribution in [3.8, 4) is 11.5 Å². The zero-order chi connectivity index (χ0) is 17.5. The Balaban J connectivity index is 2.05. The molecule has 1 fully saturated rings. The molecular formula is C15H17NO8. The van der Waals surface area contributed by atoms with Crippen LogP contribution < -0.4 is 9.47 Å². The molecule has 9 nitrogen and oxygen atoms in total. The molecule has 2 aliphatic rings. The summed E-state index contributed by atoms with van der Waals surface area (Å²) in [5.74, 6) is -1.10. The van der Waals surface area contributed by atoms with E-state index in [0.717, 1.165) is 0 Å². The first-order chi connectivity index (χ1) is 11.3. The summed E-state index contributed by atoms with van der Waals surface area (Å²) in [7, 11) is 0. The van der Waals surface area contributed by atoms with Gasteiger partial charge < -0.3 is 23.7 Å². The van der Waals surface area contributed by atoms with Crippen LogP contribution in [0.5, 0.6) is 11.5 Å². The first kappa shape index (κ1) is 16.5. The van der Waals surface area contributed by atoms with E-state index < -0.39 is 28.9 Å². The van der Waals surface area contributed by atoms with Gasteiger partial charge in [0.1, 0.15) is 6.10 Å². The summed E-state index contributed by atoms with van der Waals surface area (Å²) >= 11 is 0. The highest BCUT2D eigenvalue weighted by Crippen LogP contribution is 2.46. The molecule has 2 atom stereocenters. The predicted octanol–water partition coefficient (Wildman–Crippen LogP) is 2.08. The van der Waals surface area contributed by atoms with Crippen LogP contribution in [0.2, 0.25) is 0 Å². The van der Waals surface area contributed by atoms with E-state index >= 15 is 0 Å². The number of nitro benzene ring substituents is 1. The zero-order valence-electron chi connectivity index (χ0n) is 13.4. The number of esters is 1. The van der Waals surface area contributed by atoms with Gasteiger partial charge in [0.25, 0.3) is 5.69 Å². The van der Waals surface area contributed by atoms with Crippen molar-refractivity contribution in [3.63, 3.8) is 0 Å². The lowest BCUT2D eigenvalue weighted by molar-refractivity contribution is -0.386. The number of hydrogen-bond acceptors (Lipinski definition) is 8. The van der Waals surface area contributed by atoms with Crippen molar-refractivity contribution in [2.45, 2.75) is 38.8 Å². The van der Waals surface area contributed by atoms with Crippen LogP contribution in [0.3, 0.4) is 0 Å². The second-order valence-corrected chi connectivity index (χ2v) is 5.75. The van der Waals surface area contributed by atoms with E-state index in [1.807, 2.05) is 0 Å². The Morgan fingerprint density at radius 1 is 1.33 bits per heavy atom. The molecule has 2 heterocycles. The Labute approximate surface area is 137 Å². The smallest absolute Gasteiger partial charge is 0.338 e. The van der Waals surface area contributed by atoms with Crippen molar-refractivity contribution in [1.82, 2.24) is 0 Å². The van der Waals surface area contributed by atoms with E-state index in [-0.39, 0.29) is 30.4 Å². The van der Waals surface area contributed by atoms with Gasteiger partial charge in [-0.1, -0.05) is 0 Å². The van der Waals surface area contributed by atoms with E-state index in [1.54, 1.807) is 20.8 Å². The summed E-state index contributed by atoms with van der Waals surface area (Å²) in [6.07, 6.45) is -2.10. The minimum absolute atomic E-state index is 0.0231. The summed E-state index contributed by atoms with van der Waals surface area (Å²) in [5, 5.41) is 11.4. The Morgan fingerprint density at radius 3 is 2.62 bits per heavy atom. The fraction of sp³-hybridized carbons (Fsp3) is 0.533. The third-order valence-corrected chi connectivity index (χ3v) is 3.64. The second-order valence-electron chi connectivity index (χ2n) is 5.75. The van der Waals surface area contributed by atoms with Crippen molar-refractivity contribution in [2.75, 3.05) is 13.4 Å². The molecule has 0 spiro atoms. The minimum Gasteiger partial charge on any atom is -0.464 e. The Bertz CT molecular complexity index is 686. The van der Waals surface area contributed by atoms with Crippen LogP contribution in [0.1, 0.15) is 32.4 Å². The monoisotopic (exact) mass is 339 g/mol. The number of ether oxygens (including phenoxy) is 5. The van der Waals surface area contributed by atoms with Gasteiger partial charge in [-0.2, -0.15) is 0 Å². The van der Waals surface area contributed by atoms with Gasteiger partial charge in [-0.3, -0.25) is 10.1 Å². The SMILES string of the molecule is CCOC(=O)[C@@H]1OC(C)(C)O[C@H]1c1cc2c(cc1[N+](=O)[O-])OCO2. The minimum atomic E-state index is -1.11. The molecule has 130 valence electrons. The highest BCUT2D eigenvalue weighted by Gasteiger charge is 2.49. The number of hydrogen-bond donors (Lipinski definition) is 0. The normalized spacial score (nSPS) is 24.0. The number of carbonyl (C=O) groups excluding carboxylic acids is 1. The van der Waals surface area contributed by atoms with Gasteiger partial charge in [0.05, 0.1) is 23.2 Å². The van der Waals surface area contributed by atoms with Crippen LogP contribution in [0.4, 0.5) is 5.69 Å². The lowest BCUT2D eigenvalue weighted by Crippen LogP contribution is -2.30. The van der Waals surface area contributed by atoms with Gasteiger partial charge in [0.2, 0.25) is 6.79 Å². The molecule has 2 aliphatic heterocycles. The van der Waals surface area contributed by atoms with E-state index in [0.29, 0.717) is 5.75 Å². The fourth-order valence-electron chi connectivity index (χ4n) is 2.72. The summed E-state index contributed by atoms with van der Waals surface area (Å²) in [6, 6.07) is 2.71. The van der Waals surface area contributed by atoms with Crippen LogP contribution in [-0.2, 0) is 19.0 Å². The molecule has 0 aliphatic carbocycles. The van der Waals surface area contributed by atoms with Crippen LogP contribution in [0, 0.1) is 10.1 Å². The standard InChI is InChI=1S/C15H17NO8/c1-4-20-14(17)13-12(23-15(2,3)24-13)8-5-10-11(22-7-21-10)6-9(8)16(18)19/h5-6,12-13H,4,7H2,1-3H3/t12-,13+/m0/s1. The molecule has 0 radical (unpaired) electrons. The Hall–Kier alpha value is -2.39. The van der Waals surface area contributed by atoms with Gasteiger partial charge in [-0.25, -0.2) is 4.79 Å². The second kappa shape index (κ2) is 5.91. The van der Waals surface area contributed by atoms with Gasteiger partial charge in [-0.15, -0.1) is 0 Å². The highest BCUT2D eigenvalue weighted by molar-refractivity contribution is 5.77. The number of fused-ring (bicyclic) bond motifs is 1. The third kappa shape index (κ3) is 2.87. The highest BCUT2D eigenvalue weighted by atomic mass is 16.8. The first-order valence-electron chi connectivity index (χ1n) is 7.42. The maximum absolute atomic E-state index is 12.2. The van der Waals surface area contributed by atoms with Gasteiger partial charge in [-0.05, 0) is 26.8 Å². The largest absolute Gasteiger partial charge is 0.464 e. The quantitative estimate of drug-likeness (QED) is 0.466. The topological polar surface area (TPSA) is 106 Å². The molecule has 0 saturated carbocycles. The van der Waals surface area contributed by atoms with E-state index in [9.17, 15) is 14.9 Å². The van der Waals surface area contributed by atoms with Crippen LogP contribution in [0.25, 0.3) is 0 Å². The van der Waals surface area contributed by atoms with Gasteiger partial charge in [0.15, 0.2) is 23.4 Å². The van der Waals surface area contributed by atoms with Crippen molar-refractivity contribution in [1.29, 1.82) is 0 Å². The molecule has 0 bridgehead atoms. The average Bonchev–Trinajstić information content (AvgIpc) is 3.09. The van der Waals surface area contributed by atoms with Crippen molar-refractivity contribution in [3.05, 3.63) is 27.8 Å². The number of nitrogens with zero attached hydrogens (tertiary/aromatic N) is 1. The van der Waals surface area contributed by atoms with Crippen molar-refractivity contribution >= 4 is 11.7 Å². The number of carbonyl (C=O) groups is 1. The number of benzene rings is 1. The van der Waals surface area contributed by atoms with Crippen molar-refractivity contribution < 1.29 is 33.4 Å². The molecule has 1 aromatic carbocycles. The molecule has 0 unspecified atom stereocenters. The molecular weight excluding hydrogens is 322 g/mol. The average molecular weight is 339 g/mol. The fourth-order valence-corrected chi connectivity index (χ4v) is 2.72. The van der Waals surface area contributed by atoms with E-state index in [1.165, 1.54) is 12.1 Å². The van der Waals surface area contributed by atoms with Crippen LogP contribution in [-0.4, -0.2) is 36.2 Å². The predicted molar refractivity (Wildman–Crippen MR) is 78.6 cm³/mol. The molecule has 0 aromatic heterocycles. The van der Waals surface area contributed by atoms with Gasteiger partial charge >= 0.3 is 5.97 Å². The van der Waals surface area contributed by atoms with Crippen molar-refractivity contribution in [2.24, 2.45) is 0 Å². The number of rotatable bonds is 4. The van der Waals surface area contributed by atoms with E-state index in [2.05, 4.69) is 0 Å². The summed E-state index contributed by atoms with van der Waals surface area (Å²) in [4.78, 5) is 23.1. The molecule has 9 heteroatoms. The molecule has 3 rings (SSSR count). The lowest BCUT2D eigenvalue weighted by atomic mass is 10.0. The van der Waals surface area contributed by atoms with E-state index in [4.69, 9.17) is 23.7 Å². The zero-order valence-corrected chi connectivity index (χ0v) is 13.4. The Morgan fingerprint density at radius 2 is 2.00 bits per heavy atom. The maximum Gasteiger partial charge on any atom is 0.338 e. The summed E-state index contributed by atoms with van der Waals surface area (Å²) in [5.41, 5.74) is -0.0623. The van der Waals surface area contributed by atoms with Crippen LogP contribution in [0.15, 0.2) is 12.1 Å². The summed E-state index contributed by atoms with van der Waals surface area (Å²) < 4.78 is 26.8. The molecule has 0 amide bonds. The molecule has 24 heavy (non-hydrogen) atoms. The molecule has 1 aromatic rings. The summed E-state index contributed by atoms with van der Waals surface area (Å²) in [6.45, 7) is 5.05. The van der Waals surface area contributed by atoms with Crippen LogP contribution >= 0.6 is 0 Å². The Kier molecular flexibility index (Phi) is 4.06. The lowest BCUT2D eigenvalue weighted by Gasteiger charge is -2.17. The third-order valence-electron chi connectivity index (χ3n) is 3.64. The molecule has 0 N–H and O–H groups in total. The molecule has 1 saturated heterocycles. The number of nitro groups is 1.